The number of rotatable bonds is 4. The zero-order chi connectivity index (χ0) is 8.84. The van der Waals surface area contributed by atoms with Crippen LogP contribution in [0.4, 0.5) is 0 Å². The average Bonchev–Trinajstić information content (AvgIpc) is 2.58. The molecule has 0 aromatic heterocycles. The Hall–Kier alpha value is -0.0800. The summed E-state index contributed by atoms with van der Waals surface area (Å²) in [5, 5.41) is 3.47. The van der Waals surface area contributed by atoms with Crippen molar-refractivity contribution in [3.8, 4) is 0 Å². The summed E-state index contributed by atoms with van der Waals surface area (Å²) < 4.78 is 0. The topological polar surface area (TPSA) is 38.0 Å². The molecule has 4 unspecified atom stereocenters. The maximum absolute atomic E-state index is 5.46. The van der Waals surface area contributed by atoms with Gasteiger partial charge in [0.1, 0.15) is 0 Å². The van der Waals surface area contributed by atoms with Gasteiger partial charge in [-0.2, -0.15) is 0 Å². The van der Waals surface area contributed by atoms with Crippen LogP contribution in [0.25, 0.3) is 0 Å². The molecule has 0 aliphatic heterocycles. The molecule has 13 heavy (non-hydrogen) atoms. The quantitative estimate of drug-likeness (QED) is 0.629. The van der Waals surface area contributed by atoms with Gasteiger partial charge in [-0.25, -0.2) is 0 Å². The summed E-state index contributed by atoms with van der Waals surface area (Å²) in [6, 6.07) is 0. The maximum atomic E-state index is 5.46. The lowest BCUT2D eigenvalue weighted by Crippen LogP contribution is -2.25. The van der Waals surface area contributed by atoms with Crippen LogP contribution in [-0.2, 0) is 0 Å². The molecule has 0 aromatic rings. The molecule has 4 atom stereocenters. The van der Waals surface area contributed by atoms with E-state index in [0.29, 0.717) is 0 Å². The second-order valence-corrected chi connectivity index (χ2v) is 5.14. The van der Waals surface area contributed by atoms with Crippen molar-refractivity contribution in [2.75, 3.05) is 19.6 Å². The lowest BCUT2D eigenvalue weighted by molar-refractivity contribution is 0.445. The second kappa shape index (κ2) is 2.96. The minimum absolute atomic E-state index is 0.787. The van der Waals surface area contributed by atoms with Crippen molar-refractivity contribution in [2.24, 2.45) is 35.3 Å². The number of hydrogen-bond donors (Lipinski definition) is 2. The molecule has 3 N–H and O–H groups in total. The van der Waals surface area contributed by atoms with E-state index in [4.69, 9.17) is 5.73 Å². The molecule has 0 spiro atoms. The van der Waals surface area contributed by atoms with Gasteiger partial charge in [0.05, 0.1) is 0 Å². The van der Waals surface area contributed by atoms with Crippen LogP contribution >= 0.6 is 0 Å². The lowest BCUT2D eigenvalue weighted by atomic mass is 10.0. The van der Waals surface area contributed by atoms with E-state index in [9.17, 15) is 0 Å². The molecule has 2 bridgehead atoms. The largest absolute Gasteiger partial charge is 0.329 e. The number of nitrogens with one attached hydrogen (secondary N) is 1. The van der Waals surface area contributed by atoms with Crippen molar-refractivity contribution in [1.29, 1.82) is 0 Å². The fourth-order valence-electron chi connectivity index (χ4n) is 4.15. The van der Waals surface area contributed by atoms with Gasteiger partial charge >= 0.3 is 0 Å². The van der Waals surface area contributed by atoms with Crippen molar-refractivity contribution in [2.45, 2.75) is 19.3 Å². The van der Waals surface area contributed by atoms with Gasteiger partial charge in [0.15, 0.2) is 0 Å². The Labute approximate surface area is 80.3 Å². The normalized spacial score (nSPS) is 51.0. The molecule has 0 saturated heterocycles. The van der Waals surface area contributed by atoms with Gasteiger partial charge in [0.25, 0.3) is 0 Å². The number of hydrogen-bond acceptors (Lipinski definition) is 2. The van der Waals surface area contributed by atoms with E-state index in [1.165, 1.54) is 6.54 Å². The van der Waals surface area contributed by atoms with Gasteiger partial charge in [-0.3, -0.25) is 0 Å². The van der Waals surface area contributed by atoms with Gasteiger partial charge in [-0.05, 0) is 55.4 Å². The highest BCUT2D eigenvalue weighted by atomic mass is 14.9. The Kier molecular flexibility index (Phi) is 1.88. The zero-order valence-corrected chi connectivity index (χ0v) is 8.21. The summed E-state index contributed by atoms with van der Waals surface area (Å²) in [6.45, 7) is 3.04. The Balaban J connectivity index is 1.50. The Morgan fingerprint density at radius 2 is 1.85 bits per heavy atom. The Morgan fingerprint density at radius 1 is 1.15 bits per heavy atom. The molecule has 3 rings (SSSR count). The fraction of sp³-hybridized carbons (Fsp3) is 1.00. The predicted octanol–water partition coefficient (Wildman–Crippen LogP) is 0.827. The zero-order valence-electron chi connectivity index (χ0n) is 8.21. The van der Waals surface area contributed by atoms with Crippen LogP contribution in [0.2, 0.25) is 0 Å². The van der Waals surface area contributed by atoms with E-state index in [2.05, 4.69) is 5.32 Å². The first-order chi connectivity index (χ1) is 6.42. The second-order valence-electron chi connectivity index (χ2n) is 5.14. The molecule has 0 radical (unpaired) electrons. The van der Waals surface area contributed by atoms with Gasteiger partial charge in [0, 0.05) is 13.1 Å². The molecule has 0 amide bonds. The summed E-state index contributed by atoms with van der Waals surface area (Å²) in [5.74, 6) is 5.55. The van der Waals surface area contributed by atoms with E-state index in [1.807, 2.05) is 0 Å². The molecule has 0 heterocycles. The average molecular weight is 180 g/mol. The van der Waals surface area contributed by atoms with E-state index in [1.54, 1.807) is 19.3 Å². The van der Waals surface area contributed by atoms with Gasteiger partial charge in [0.2, 0.25) is 0 Å². The van der Waals surface area contributed by atoms with Crippen molar-refractivity contribution in [3.05, 3.63) is 0 Å². The van der Waals surface area contributed by atoms with Crippen LogP contribution < -0.4 is 11.1 Å². The van der Waals surface area contributed by atoms with Crippen LogP contribution in [0.1, 0.15) is 19.3 Å². The minimum atomic E-state index is 0.787. The first kappa shape index (κ1) is 8.25. The van der Waals surface area contributed by atoms with E-state index in [-0.39, 0.29) is 0 Å². The first-order valence-electron chi connectivity index (χ1n) is 5.82. The molecule has 2 nitrogen and oxygen atoms in total. The highest BCUT2D eigenvalue weighted by Crippen LogP contribution is 2.69. The third-order valence-corrected chi connectivity index (χ3v) is 4.60. The summed E-state index contributed by atoms with van der Waals surface area (Å²) in [6.07, 6.45) is 4.65. The summed E-state index contributed by atoms with van der Waals surface area (Å²) >= 11 is 0. The molecule has 2 heteroatoms. The number of fused-ring (bicyclic) bond motifs is 5. The fourth-order valence-corrected chi connectivity index (χ4v) is 4.15. The van der Waals surface area contributed by atoms with Crippen molar-refractivity contribution >= 4 is 0 Å². The Bertz CT molecular complexity index is 188. The maximum Gasteiger partial charge on any atom is 0.00746 e. The standard InChI is InChI=1S/C11H20N2/c12-3-4-13-6-9-10-7-1-2-8(5-7)11(9)10/h7-11,13H,1-6,12H2. The number of nitrogens with two attached hydrogens (primary N) is 1. The molecular weight excluding hydrogens is 160 g/mol. The predicted molar refractivity (Wildman–Crippen MR) is 53.2 cm³/mol. The van der Waals surface area contributed by atoms with Gasteiger partial charge < -0.3 is 11.1 Å². The van der Waals surface area contributed by atoms with Crippen LogP contribution in [0.15, 0.2) is 0 Å². The van der Waals surface area contributed by atoms with Crippen LogP contribution in [0.5, 0.6) is 0 Å². The van der Waals surface area contributed by atoms with Crippen molar-refractivity contribution < 1.29 is 0 Å². The SMILES string of the molecule is NCCNCC1C2C3CCC(C3)C12. The minimum Gasteiger partial charge on any atom is -0.329 e. The third-order valence-electron chi connectivity index (χ3n) is 4.60. The van der Waals surface area contributed by atoms with Crippen molar-refractivity contribution in [3.63, 3.8) is 0 Å². The third kappa shape index (κ3) is 1.15. The molecule has 74 valence electrons. The van der Waals surface area contributed by atoms with Crippen LogP contribution in [0.3, 0.4) is 0 Å². The van der Waals surface area contributed by atoms with Crippen LogP contribution in [0, 0.1) is 29.6 Å². The summed E-state index contributed by atoms with van der Waals surface area (Å²) in [7, 11) is 0. The van der Waals surface area contributed by atoms with E-state index in [0.717, 1.165) is 42.7 Å². The monoisotopic (exact) mass is 180 g/mol. The first-order valence-corrected chi connectivity index (χ1v) is 5.82. The van der Waals surface area contributed by atoms with E-state index < -0.39 is 0 Å². The van der Waals surface area contributed by atoms with Gasteiger partial charge in [-0.15, -0.1) is 0 Å². The highest BCUT2D eigenvalue weighted by molar-refractivity contribution is 5.13. The molecule has 3 aliphatic carbocycles. The molecule has 0 aromatic carbocycles. The summed E-state index contributed by atoms with van der Waals surface area (Å²) in [5.41, 5.74) is 5.46. The summed E-state index contributed by atoms with van der Waals surface area (Å²) in [4.78, 5) is 0. The highest BCUT2D eigenvalue weighted by Gasteiger charge is 2.64. The molecule has 3 fully saturated rings. The van der Waals surface area contributed by atoms with Gasteiger partial charge in [-0.1, -0.05) is 0 Å². The lowest BCUT2D eigenvalue weighted by Gasteiger charge is -2.08. The molecular formula is C11H20N2. The smallest absolute Gasteiger partial charge is 0.00746 e. The van der Waals surface area contributed by atoms with Crippen LogP contribution in [-0.4, -0.2) is 19.6 Å². The molecule has 3 aliphatic rings. The van der Waals surface area contributed by atoms with E-state index >= 15 is 0 Å². The molecule has 3 saturated carbocycles. The van der Waals surface area contributed by atoms with Crippen molar-refractivity contribution in [1.82, 2.24) is 5.32 Å². The Morgan fingerprint density at radius 3 is 2.46 bits per heavy atom.